The Morgan fingerprint density at radius 1 is 1.12 bits per heavy atom. The number of nitriles is 1. The van der Waals surface area contributed by atoms with E-state index in [-0.39, 0.29) is 6.04 Å². The van der Waals surface area contributed by atoms with Gasteiger partial charge in [0.25, 0.3) is 0 Å². The van der Waals surface area contributed by atoms with E-state index in [1.807, 2.05) is 24.3 Å². The number of aromatic amines is 1. The van der Waals surface area contributed by atoms with Crippen molar-refractivity contribution in [3.63, 3.8) is 0 Å². The molecule has 0 spiro atoms. The number of imidazole rings is 1. The van der Waals surface area contributed by atoms with Crippen molar-refractivity contribution in [2.75, 3.05) is 11.4 Å². The quantitative estimate of drug-likeness (QED) is 0.736. The molecule has 1 aromatic heterocycles. The van der Waals surface area contributed by atoms with E-state index in [0.29, 0.717) is 0 Å². The maximum Gasteiger partial charge on any atom is 0.139 e. The second kappa shape index (κ2) is 5.35. The molecule has 4 heteroatoms. The van der Waals surface area contributed by atoms with Crippen molar-refractivity contribution >= 4 is 16.7 Å². The molecule has 0 bridgehead atoms. The highest BCUT2D eigenvalue weighted by Gasteiger charge is 2.50. The topological polar surface area (TPSA) is 55.7 Å². The molecule has 4 nitrogen and oxygen atoms in total. The molecule has 0 saturated carbocycles. The van der Waals surface area contributed by atoms with E-state index in [4.69, 9.17) is 4.98 Å². The van der Waals surface area contributed by atoms with Crippen molar-refractivity contribution in [2.24, 2.45) is 0 Å². The van der Waals surface area contributed by atoms with Crippen molar-refractivity contribution in [2.45, 2.75) is 37.1 Å². The Bertz CT molecular complexity index is 950. The number of H-pyrrole nitrogens is 1. The van der Waals surface area contributed by atoms with Crippen LogP contribution in [0.25, 0.3) is 11.0 Å². The van der Waals surface area contributed by atoms with Crippen molar-refractivity contribution in [1.29, 1.82) is 5.26 Å². The van der Waals surface area contributed by atoms with Crippen LogP contribution < -0.4 is 4.90 Å². The molecule has 0 radical (unpaired) electrons. The zero-order valence-electron chi connectivity index (χ0n) is 14.1. The zero-order chi connectivity index (χ0) is 16.9. The molecule has 0 unspecified atom stereocenters. The Morgan fingerprint density at radius 2 is 1.96 bits per heavy atom. The number of benzene rings is 2. The largest absolute Gasteiger partial charge is 0.366 e. The summed E-state index contributed by atoms with van der Waals surface area (Å²) in [5.74, 6) is 0.822. The summed E-state index contributed by atoms with van der Waals surface area (Å²) in [7, 11) is 0. The van der Waals surface area contributed by atoms with Gasteiger partial charge in [0.15, 0.2) is 0 Å². The van der Waals surface area contributed by atoms with Crippen LogP contribution in [-0.2, 0) is 11.8 Å². The first-order valence-electron chi connectivity index (χ1n) is 9.03. The molecule has 5 rings (SSSR count). The third-order valence-corrected chi connectivity index (χ3v) is 5.85. The zero-order valence-corrected chi connectivity index (χ0v) is 14.1. The summed E-state index contributed by atoms with van der Waals surface area (Å²) in [4.78, 5) is 10.8. The number of hydrogen-bond acceptors (Lipinski definition) is 3. The van der Waals surface area contributed by atoms with Crippen LogP contribution in [0.1, 0.15) is 30.7 Å². The molecule has 2 atom stereocenters. The highest BCUT2D eigenvalue weighted by atomic mass is 15.2. The van der Waals surface area contributed by atoms with E-state index in [1.165, 1.54) is 24.1 Å². The molecular weight excluding hydrogens is 308 g/mol. The number of nitrogens with zero attached hydrogens (tertiary/aromatic N) is 3. The smallest absolute Gasteiger partial charge is 0.139 e. The second-order valence-electron chi connectivity index (χ2n) is 7.20. The minimum atomic E-state index is -0.617. The van der Waals surface area contributed by atoms with Gasteiger partial charge in [-0.3, -0.25) is 0 Å². The van der Waals surface area contributed by atoms with Crippen LogP contribution in [0, 0.1) is 11.3 Å². The molecule has 25 heavy (non-hydrogen) atoms. The van der Waals surface area contributed by atoms with Crippen molar-refractivity contribution in [1.82, 2.24) is 9.97 Å². The predicted molar refractivity (Wildman–Crippen MR) is 98.5 cm³/mol. The van der Waals surface area contributed by atoms with Gasteiger partial charge in [0.2, 0.25) is 0 Å². The van der Waals surface area contributed by atoms with Gasteiger partial charge in [0, 0.05) is 18.7 Å². The Balaban J connectivity index is 1.73. The summed E-state index contributed by atoms with van der Waals surface area (Å²) in [6, 6.07) is 19.5. The first-order valence-corrected chi connectivity index (χ1v) is 9.03. The third kappa shape index (κ3) is 2.02. The molecule has 0 aliphatic carbocycles. The van der Waals surface area contributed by atoms with Gasteiger partial charge in [-0.1, -0.05) is 30.3 Å². The van der Waals surface area contributed by atoms with Crippen LogP contribution in [0.15, 0.2) is 48.5 Å². The summed E-state index contributed by atoms with van der Waals surface area (Å²) in [6.07, 6.45) is 4.12. The standard InChI is InChI=1S/C21H20N4/c22-14-21(20-23-16-8-2-3-9-17(16)24-20)13-15-7-1-4-10-18(15)25-12-6-5-11-19(21)25/h1-4,7-10,19H,5-6,11-13H2,(H,23,24)/t19-,21+/m0/s1. The first kappa shape index (κ1) is 14.5. The van der Waals surface area contributed by atoms with Crippen LogP contribution in [0.2, 0.25) is 0 Å². The van der Waals surface area contributed by atoms with E-state index in [2.05, 4.69) is 40.2 Å². The Labute approximate surface area is 147 Å². The van der Waals surface area contributed by atoms with Crippen molar-refractivity contribution < 1.29 is 0 Å². The lowest BCUT2D eigenvalue weighted by molar-refractivity contribution is 0.314. The number of aromatic nitrogens is 2. The van der Waals surface area contributed by atoms with E-state index in [0.717, 1.165) is 36.2 Å². The highest BCUT2D eigenvalue weighted by molar-refractivity contribution is 5.75. The predicted octanol–water partition coefficient (Wildman–Crippen LogP) is 3.94. The normalized spacial score (nSPS) is 25.2. The summed E-state index contributed by atoms with van der Waals surface area (Å²) in [5.41, 5.74) is 3.88. The molecule has 0 amide bonds. The molecule has 3 aromatic rings. The molecule has 2 aromatic carbocycles. The Kier molecular flexibility index (Phi) is 3.11. The second-order valence-corrected chi connectivity index (χ2v) is 7.20. The fraction of sp³-hybridized carbons (Fsp3) is 0.333. The van der Waals surface area contributed by atoms with E-state index in [1.54, 1.807) is 0 Å². The molecule has 124 valence electrons. The van der Waals surface area contributed by atoms with E-state index < -0.39 is 5.41 Å². The van der Waals surface area contributed by atoms with Gasteiger partial charge < -0.3 is 9.88 Å². The van der Waals surface area contributed by atoms with Crippen LogP contribution >= 0.6 is 0 Å². The van der Waals surface area contributed by atoms with Gasteiger partial charge in [-0.2, -0.15) is 5.26 Å². The molecule has 1 saturated heterocycles. The van der Waals surface area contributed by atoms with Crippen LogP contribution in [0.4, 0.5) is 5.69 Å². The summed E-state index contributed by atoms with van der Waals surface area (Å²) in [5, 5.41) is 10.3. The van der Waals surface area contributed by atoms with Crippen LogP contribution in [0.5, 0.6) is 0 Å². The van der Waals surface area contributed by atoms with Crippen molar-refractivity contribution in [3.8, 4) is 6.07 Å². The lowest BCUT2D eigenvalue weighted by Gasteiger charge is -2.49. The van der Waals surface area contributed by atoms with Gasteiger partial charge in [-0.05, 0) is 43.0 Å². The Hall–Kier alpha value is -2.80. The molecule has 3 heterocycles. The summed E-state index contributed by atoms with van der Waals surface area (Å²) < 4.78 is 0. The molecule has 2 aliphatic rings. The molecular formula is C21H20N4. The molecule has 1 N–H and O–H groups in total. The Morgan fingerprint density at radius 3 is 2.84 bits per heavy atom. The third-order valence-electron chi connectivity index (χ3n) is 5.85. The monoisotopic (exact) mass is 328 g/mol. The minimum absolute atomic E-state index is 0.182. The summed E-state index contributed by atoms with van der Waals surface area (Å²) >= 11 is 0. The number of piperidine rings is 1. The lowest BCUT2D eigenvalue weighted by Crippen LogP contribution is -2.57. The SMILES string of the molecule is N#C[C@]1(c2nc3ccccc3[nH]2)Cc2ccccc2N2CCCC[C@H]21. The molecule has 1 fully saturated rings. The molecule has 2 aliphatic heterocycles. The lowest BCUT2D eigenvalue weighted by atomic mass is 9.69. The van der Waals surface area contributed by atoms with Crippen LogP contribution in [-0.4, -0.2) is 22.6 Å². The number of fused-ring (bicyclic) bond motifs is 4. The number of para-hydroxylation sites is 3. The summed E-state index contributed by atoms with van der Waals surface area (Å²) in [6.45, 7) is 1.02. The number of rotatable bonds is 1. The van der Waals surface area contributed by atoms with Gasteiger partial charge in [0.05, 0.1) is 23.1 Å². The average molecular weight is 328 g/mol. The van der Waals surface area contributed by atoms with Gasteiger partial charge in [-0.15, -0.1) is 0 Å². The minimum Gasteiger partial charge on any atom is -0.366 e. The number of hydrogen-bond donors (Lipinski definition) is 1. The van der Waals surface area contributed by atoms with E-state index >= 15 is 0 Å². The van der Waals surface area contributed by atoms with Gasteiger partial charge in [0.1, 0.15) is 11.2 Å². The fourth-order valence-corrected chi connectivity index (χ4v) is 4.66. The maximum absolute atomic E-state index is 10.3. The number of nitrogens with one attached hydrogen (secondary N) is 1. The maximum atomic E-state index is 10.3. The van der Waals surface area contributed by atoms with Gasteiger partial charge in [-0.25, -0.2) is 4.98 Å². The van der Waals surface area contributed by atoms with Crippen molar-refractivity contribution in [3.05, 3.63) is 59.9 Å². The van der Waals surface area contributed by atoms with E-state index in [9.17, 15) is 5.26 Å². The number of anilines is 1. The fourth-order valence-electron chi connectivity index (χ4n) is 4.66. The van der Waals surface area contributed by atoms with Crippen LogP contribution in [0.3, 0.4) is 0 Å². The van der Waals surface area contributed by atoms with Gasteiger partial charge >= 0.3 is 0 Å². The highest BCUT2D eigenvalue weighted by Crippen LogP contribution is 2.45. The average Bonchev–Trinajstić information content (AvgIpc) is 3.12. The first-order chi connectivity index (χ1) is 12.3.